The zero-order valence-electron chi connectivity index (χ0n) is 20.5. The number of nitrogens with one attached hydrogen (secondary N) is 2. The number of amidine groups is 1. The fourth-order valence-electron chi connectivity index (χ4n) is 3.76. The summed E-state index contributed by atoms with van der Waals surface area (Å²) in [4.78, 5) is 40.4. The first-order valence-corrected chi connectivity index (χ1v) is 12.6. The van der Waals surface area contributed by atoms with Gasteiger partial charge >= 0.3 is 5.91 Å². The van der Waals surface area contributed by atoms with Crippen molar-refractivity contribution < 1.29 is 19.1 Å². The van der Waals surface area contributed by atoms with Crippen molar-refractivity contribution in [2.45, 2.75) is 46.2 Å². The van der Waals surface area contributed by atoms with Crippen molar-refractivity contribution in [3.63, 3.8) is 0 Å². The summed E-state index contributed by atoms with van der Waals surface area (Å²) in [7, 11) is 0. The fourth-order valence-corrected chi connectivity index (χ4v) is 4.70. The van der Waals surface area contributed by atoms with Crippen LogP contribution in [0.2, 0.25) is 0 Å². The summed E-state index contributed by atoms with van der Waals surface area (Å²) < 4.78 is 5.39. The molecule has 0 spiro atoms. The summed E-state index contributed by atoms with van der Waals surface area (Å²) in [6.07, 6.45) is 4.40. The summed E-state index contributed by atoms with van der Waals surface area (Å²) >= 11 is 1.53. The molecule has 8 nitrogen and oxygen atoms in total. The Kier molecular flexibility index (Phi) is 11.3. The third kappa shape index (κ3) is 9.31. The minimum Gasteiger partial charge on any atom is -0.381 e. The van der Waals surface area contributed by atoms with Crippen molar-refractivity contribution in [1.82, 2.24) is 15.6 Å². The van der Waals surface area contributed by atoms with E-state index >= 15 is 0 Å². The van der Waals surface area contributed by atoms with Crippen LogP contribution >= 0.6 is 24.2 Å². The lowest BCUT2D eigenvalue weighted by atomic mass is 9.88. The zero-order valence-corrected chi connectivity index (χ0v) is 22.1. The van der Waals surface area contributed by atoms with E-state index in [-0.39, 0.29) is 29.6 Å². The molecule has 2 saturated heterocycles. The van der Waals surface area contributed by atoms with Gasteiger partial charge in [0, 0.05) is 32.1 Å². The molecule has 0 bridgehead atoms. The first kappa shape index (κ1) is 28.9. The highest BCUT2D eigenvalue weighted by molar-refractivity contribution is 8.14. The minimum absolute atomic E-state index is 0. The van der Waals surface area contributed by atoms with E-state index in [0.717, 1.165) is 17.9 Å². The largest absolute Gasteiger partial charge is 0.381 e. The molecule has 2 aliphatic rings. The molecular weight excluding hydrogens is 488 g/mol. The molecular formula is C25H35ClN4O4S. The predicted molar refractivity (Wildman–Crippen MR) is 141 cm³/mol. The van der Waals surface area contributed by atoms with Crippen molar-refractivity contribution in [3.05, 3.63) is 48.0 Å². The number of ether oxygens (including phenoxy) is 1. The SMILES string of the molecule is CC(C)(C)/C=C/C(=O)NC(C(=O)C(=O)N/N=C1\SCCN1Cc1ccccc1)C1CCOCC1.Cl. The molecule has 1 aromatic rings. The van der Waals surface area contributed by atoms with Crippen LogP contribution < -0.4 is 10.7 Å². The van der Waals surface area contributed by atoms with E-state index in [9.17, 15) is 14.4 Å². The van der Waals surface area contributed by atoms with E-state index in [1.807, 2.05) is 51.1 Å². The topological polar surface area (TPSA) is 100 Å². The average molecular weight is 523 g/mol. The Morgan fingerprint density at radius 2 is 1.89 bits per heavy atom. The number of ketones is 1. The Labute approximate surface area is 217 Å². The maximum Gasteiger partial charge on any atom is 0.309 e. The van der Waals surface area contributed by atoms with Crippen LogP contribution in [0.15, 0.2) is 47.6 Å². The van der Waals surface area contributed by atoms with Crippen molar-refractivity contribution in [3.8, 4) is 0 Å². The zero-order chi connectivity index (χ0) is 24.6. The predicted octanol–water partition coefficient (Wildman–Crippen LogP) is 3.13. The minimum atomic E-state index is -0.919. The lowest BCUT2D eigenvalue weighted by Gasteiger charge is -2.29. The first-order valence-electron chi connectivity index (χ1n) is 11.6. The first-order chi connectivity index (χ1) is 16.2. The van der Waals surface area contributed by atoms with Gasteiger partial charge in [-0.1, -0.05) is 68.9 Å². The molecule has 0 saturated carbocycles. The van der Waals surface area contributed by atoms with Gasteiger partial charge in [-0.05, 0) is 35.8 Å². The van der Waals surface area contributed by atoms with E-state index < -0.39 is 17.7 Å². The van der Waals surface area contributed by atoms with Crippen LogP contribution in [-0.4, -0.2) is 59.2 Å². The summed E-state index contributed by atoms with van der Waals surface area (Å²) in [6, 6.07) is 9.10. The molecule has 2 fully saturated rings. The number of carbonyl (C=O) groups excluding carboxylic acids is 3. The summed E-state index contributed by atoms with van der Waals surface area (Å²) in [5.41, 5.74) is 3.40. The van der Waals surface area contributed by atoms with Gasteiger partial charge in [0.2, 0.25) is 11.7 Å². The number of rotatable bonds is 8. The lowest BCUT2D eigenvalue weighted by Crippen LogP contribution is -2.51. The van der Waals surface area contributed by atoms with Gasteiger partial charge in [-0.15, -0.1) is 17.5 Å². The van der Waals surface area contributed by atoms with Crippen LogP contribution in [0.3, 0.4) is 0 Å². The number of nitrogens with zero attached hydrogens (tertiary/aromatic N) is 2. The quantitative estimate of drug-likeness (QED) is 0.309. The van der Waals surface area contributed by atoms with Gasteiger partial charge in [-0.2, -0.15) is 0 Å². The highest BCUT2D eigenvalue weighted by Gasteiger charge is 2.35. The molecule has 0 radical (unpaired) electrons. The van der Waals surface area contributed by atoms with E-state index in [1.54, 1.807) is 6.08 Å². The molecule has 192 valence electrons. The highest BCUT2D eigenvalue weighted by atomic mass is 35.5. The van der Waals surface area contributed by atoms with Crippen LogP contribution in [-0.2, 0) is 25.7 Å². The Hall–Kier alpha value is -2.36. The number of hydrogen-bond acceptors (Lipinski definition) is 6. The van der Waals surface area contributed by atoms with Crippen LogP contribution in [0, 0.1) is 11.3 Å². The van der Waals surface area contributed by atoms with Gasteiger partial charge in [-0.3, -0.25) is 14.4 Å². The molecule has 3 rings (SSSR count). The number of amides is 2. The van der Waals surface area contributed by atoms with Gasteiger partial charge in [0.05, 0.1) is 0 Å². The Morgan fingerprint density at radius 3 is 2.54 bits per heavy atom. The van der Waals surface area contributed by atoms with E-state index in [4.69, 9.17) is 4.74 Å². The highest BCUT2D eigenvalue weighted by Crippen LogP contribution is 2.22. The van der Waals surface area contributed by atoms with E-state index in [0.29, 0.717) is 37.8 Å². The Morgan fingerprint density at radius 1 is 1.20 bits per heavy atom. The van der Waals surface area contributed by atoms with Crippen LogP contribution in [0.25, 0.3) is 0 Å². The van der Waals surface area contributed by atoms with Crippen LogP contribution in [0.1, 0.15) is 39.2 Å². The Bertz CT molecular complexity index is 927. The molecule has 2 N–H and O–H groups in total. The third-order valence-electron chi connectivity index (χ3n) is 5.61. The molecule has 2 amide bonds. The average Bonchev–Trinajstić information content (AvgIpc) is 3.26. The number of thioether (sulfide) groups is 1. The number of hydrazone groups is 1. The van der Waals surface area contributed by atoms with E-state index in [1.165, 1.54) is 17.8 Å². The number of halogens is 1. The maximum absolute atomic E-state index is 13.1. The fraction of sp³-hybridized carbons (Fsp3) is 0.520. The second-order valence-electron chi connectivity index (χ2n) is 9.59. The molecule has 1 unspecified atom stereocenters. The number of benzene rings is 1. The van der Waals surface area contributed by atoms with E-state index in [2.05, 4.69) is 20.7 Å². The maximum atomic E-state index is 13.1. The van der Waals surface area contributed by atoms with Crippen LogP contribution in [0.4, 0.5) is 0 Å². The second-order valence-corrected chi connectivity index (χ2v) is 10.7. The van der Waals surface area contributed by atoms with Crippen molar-refractivity contribution >= 4 is 46.9 Å². The normalized spacial score (nSPS) is 18.8. The molecule has 0 aliphatic carbocycles. The van der Waals surface area contributed by atoms with Crippen molar-refractivity contribution in [2.75, 3.05) is 25.5 Å². The van der Waals surface area contributed by atoms with Gasteiger partial charge < -0.3 is 15.0 Å². The van der Waals surface area contributed by atoms with Gasteiger partial charge in [0.1, 0.15) is 6.04 Å². The van der Waals surface area contributed by atoms with Crippen molar-refractivity contribution in [1.29, 1.82) is 0 Å². The summed E-state index contributed by atoms with van der Waals surface area (Å²) in [6.45, 7) is 8.42. The Balaban J connectivity index is 0.00000432. The summed E-state index contributed by atoms with van der Waals surface area (Å²) in [5.74, 6) is -1.21. The molecule has 1 atom stereocenters. The molecule has 35 heavy (non-hydrogen) atoms. The lowest BCUT2D eigenvalue weighted by molar-refractivity contribution is -0.141. The summed E-state index contributed by atoms with van der Waals surface area (Å²) in [5, 5.41) is 7.66. The third-order valence-corrected chi connectivity index (χ3v) is 6.60. The van der Waals surface area contributed by atoms with Gasteiger partial charge in [0.25, 0.3) is 0 Å². The van der Waals surface area contributed by atoms with Gasteiger partial charge in [-0.25, -0.2) is 5.43 Å². The molecule has 1 aromatic carbocycles. The molecule has 2 aliphatic heterocycles. The van der Waals surface area contributed by atoms with Crippen molar-refractivity contribution in [2.24, 2.45) is 16.4 Å². The second kappa shape index (κ2) is 13.7. The number of carbonyl (C=O) groups is 3. The number of Topliss-reactive ketones (excluding diaryl/α,β-unsaturated/α-hetero) is 1. The number of allylic oxidation sites excluding steroid dienone is 1. The smallest absolute Gasteiger partial charge is 0.309 e. The monoisotopic (exact) mass is 522 g/mol. The van der Waals surface area contributed by atoms with Crippen LogP contribution in [0.5, 0.6) is 0 Å². The standard InChI is InChI=1S/C25H34N4O4S.ClH/c1-25(2,3)12-9-20(30)26-21(19-10-14-33-15-11-19)22(31)23(32)27-28-24-29(13-16-34-24)17-18-7-5-4-6-8-18;/h4-9,12,19,21H,10-11,13-17H2,1-3H3,(H,26,30)(H,27,32);1H/b12-9+,28-24-;. The molecule has 0 aromatic heterocycles. The number of hydrogen-bond donors (Lipinski definition) is 2. The molecule has 2 heterocycles. The van der Waals surface area contributed by atoms with Gasteiger partial charge in [0.15, 0.2) is 5.17 Å². The molecule has 10 heteroatoms.